The number of carbonyl (C=O) groups excluding carboxylic acids is 2. The molecule has 1 aliphatic rings. The maximum absolute atomic E-state index is 13.5. The topological polar surface area (TPSA) is 92.6 Å². The molecule has 0 saturated carbocycles. The van der Waals surface area contributed by atoms with Gasteiger partial charge in [-0.1, -0.05) is 108 Å². The predicted octanol–water partition coefficient (Wildman–Crippen LogP) is 7.46. The maximum Gasteiger partial charge on any atom is 0.296 e. The summed E-state index contributed by atoms with van der Waals surface area (Å²) in [6, 6.07) is 23.1. The normalized spacial score (nSPS) is 15.2. The van der Waals surface area contributed by atoms with E-state index in [1.54, 1.807) is 30.3 Å². The van der Waals surface area contributed by atoms with Crippen molar-refractivity contribution >= 4 is 57.6 Å². The molecular weight excluding hydrogens is 578 g/mol. The molecule has 1 aliphatic heterocycles. The number of thioether (sulfide) groups is 1. The van der Waals surface area contributed by atoms with Gasteiger partial charge in [0.15, 0.2) is 15.9 Å². The largest absolute Gasteiger partial charge is 0.503 e. The van der Waals surface area contributed by atoms with E-state index in [1.807, 2.05) is 61.5 Å². The second-order valence-corrected chi connectivity index (χ2v) is 11.7. The molecule has 1 unspecified atom stereocenters. The summed E-state index contributed by atoms with van der Waals surface area (Å²) in [7, 11) is 0. The molecule has 0 fully saturated rings. The van der Waals surface area contributed by atoms with Crippen molar-refractivity contribution in [2.45, 2.75) is 29.5 Å². The number of ketones is 1. The van der Waals surface area contributed by atoms with Crippen molar-refractivity contribution in [1.29, 1.82) is 0 Å². The highest BCUT2D eigenvalue weighted by Gasteiger charge is 2.45. The Labute approximate surface area is 251 Å². The van der Waals surface area contributed by atoms with E-state index in [1.165, 1.54) is 34.1 Å². The van der Waals surface area contributed by atoms with E-state index in [0.717, 1.165) is 17.5 Å². The molecular formula is C31H26ClN3O4S2. The second kappa shape index (κ2) is 13.2. The molecule has 0 aliphatic carbocycles. The van der Waals surface area contributed by atoms with Crippen LogP contribution in [0.2, 0.25) is 5.02 Å². The molecule has 0 spiro atoms. The van der Waals surface area contributed by atoms with E-state index in [0.29, 0.717) is 33.0 Å². The van der Waals surface area contributed by atoms with Crippen LogP contribution in [0.25, 0.3) is 6.08 Å². The quantitative estimate of drug-likeness (QED) is 0.108. The fourth-order valence-electron chi connectivity index (χ4n) is 4.27. The fraction of sp³-hybridized carbons (Fsp3) is 0.161. The van der Waals surface area contributed by atoms with Gasteiger partial charge in [-0.25, -0.2) is 0 Å². The average Bonchev–Trinajstić information content (AvgIpc) is 3.57. The monoisotopic (exact) mass is 603 g/mol. The number of nitrogens with zero attached hydrogens (tertiary/aromatic N) is 3. The van der Waals surface area contributed by atoms with Gasteiger partial charge in [0.1, 0.15) is 5.75 Å². The molecule has 4 aromatic rings. The predicted molar refractivity (Wildman–Crippen MR) is 164 cm³/mol. The minimum absolute atomic E-state index is 0.0233. The Kier molecular flexibility index (Phi) is 9.18. The van der Waals surface area contributed by atoms with Crippen LogP contribution in [0.15, 0.2) is 101 Å². The first-order valence-corrected chi connectivity index (χ1v) is 15.1. The summed E-state index contributed by atoms with van der Waals surface area (Å²) in [5.74, 6) is -0.550. The number of carbonyl (C=O) groups is 2. The van der Waals surface area contributed by atoms with Crippen LogP contribution in [0.5, 0.6) is 5.75 Å². The summed E-state index contributed by atoms with van der Waals surface area (Å²) < 4.78 is 6.33. The lowest BCUT2D eigenvalue weighted by Gasteiger charge is -2.24. The van der Waals surface area contributed by atoms with Crippen LogP contribution in [-0.4, -0.2) is 33.6 Å². The summed E-state index contributed by atoms with van der Waals surface area (Å²) in [6.07, 6.45) is 3.89. The van der Waals surface area contributed by atoms with Crippen molar-refractivity contribution < 1.29 is 19.4 Å². The van der Waals surface area contributed by atoms with Crippen LogP contribution >= 0.6 is 34.7 Å². The van der Waals surface area contributed by atoms with Crippen LogP contribution in [-0.2, 0) is 15.3 Å². The molecule has 208 valence electrons. The third kappa shape index (κ3) is 6.53. The summed E-state index contributed by atoms with van der Waals surface area (Å²) in [6.45, 7) is 2.59. The van der Waals surface area contributed by atoms with Gasteiger partial charge < -0.3 is 9.84 Å². The van der Waals surface area contributed by atoms with Gasteiger partial charge in [-0.2, -0.15) is 0 Å². The number of ether oxygens (including phenoxy) is 1. The number of hydrogen-bond donors (Lipinski definition) is 1. The van der Waals surface area contributed by atoms with Gasteiger partial charge in [-0.15, -0.1) is 10.2 Å². The molecule has 7 nitrogen and oxygen atoms in total. The first-order chi connectivity index (χ1) is 20.0. The zero-order chi connectivity index (χ0) is 28.8. The minimum atomic E-state index is -0.898. The Morgan fingerprint density at radius 2 is 1.80 bits per heavy atom. The number of hydrogen-bond acceptors (Lipinski definition) is 8. The van der Waals surface area contributed by atoms with E-state index >= 15 is 0 Å². The molecule has 0 saturated heterocycles. The molecule has 2 heterocycles. The number of amides is 1. The van der Waals surface area contributed by atoms with Crippen LogP contribution in [0.3, 0.4) is 0 Å². The lowest BCUT2D eigenvalue weighted by atomic mass is 9.95. The molecule has 3 aromatic carbocycles. The van der Waals surface area contributed by atoms with Gasteiger partial charge in [0, 0.05) is 10.8 Å². The van der Waals surface area contributed by atoms with E-state index in [-0.39, 0.29) is 10.7 Å². The number of halogens is 1. The summed E-state index contributed by atoms with van der Waals surface area (Å²) in [5, 5.41) is 20.5. The molecule has 1 aromatic heterocycles. The number of aliphatic hydroxyl groups is 1. The zero-order valence-corrected chi connectivity index (χ0v) is 24.5. The molecule has 0 bridgehead atoms. The number of anilines is 1. The van der Waals surface area contributed by atoms with Crippen molar-refractivity contribution in [2.75, 3.05) is 11.5 Å². The van der Waals surface area contributed by atoms with E-state index in [2.05, 4.69) is 10.2 Å². The highest BCUT2D eigenvalue weighted by molar-refractivity contribution is 8.00. The second-order valence-electron chi connectivity index (χ2n) is 9.10. The van der Waals surface area contributed by atoms with E-state index in [4.69, 9.17) is 16.3 Å². The summed E-state index contributed by atoms with van der Waals surface area (Å²) >= 11 is 8.94. The first kappa shape index (κ1) is 28.6. The number of rotatable bonds is 11. The van der Waals surface area contributed by atoms with Gasteiger partial charge in [0.25, 0.3) is 5.91 Å². The van der Waals surface area contributed by atoms with Crippen LogP contribution in [0.1, 0.15) is 36.1 Å². The van der Waals surface area contributed by atoms with Crippen LogP contribution in [0, 0.1) is 0 Å². The third-order valence-electron chi connectivity index (χ3n) is 6.28. The van der Waals surface area contributed by atoms with Crippen molar-refractivity contribution in [3.8, 4) is 5.75 Å². The smallest absolute Gasteiger partial charge is 0.296 e. The van der Waals surface area contributed by atoms with Crippen molar-refractivity contribution in [2.24, 2.45) is 0 Å². The van der Waals surface area contributed by atoms with E-state index in [9.17, 15) is 14.7 Å². The Hall–Kier alpha value is -3.92. The van der Waals surface area contributed by atoms with E-state index < -0.39 is 23.5 Å². The standard InChI is InChI=1S/C31H26ClN3O4S2/c1-2-18-39-23-15-13-21(14-16-23)27-26(25(36)17-12-20-8-4-3-5-9-20)28(37)29(38)35(27)30-33-34-31(41-30)40-19-22-10-6-7-11-24(22)32/h3-17,27,37H,2,18-19H2,1H3/b17-12+. The molecule has 41 heavy (non-hydrogen) atoms. The Morgan fingerprint density at radius 1 is 1.07 bits per heavy atom. The summed E-state index contributed by atoms with van der Waals surface area (Å²) in [5.41, 5.74) is 2.38. The van der Waals surface area contributed by atoms with Gasteiger partial charge in [0.05, 0.1) is 18.2 Å². The van der Waals surface area contributed by atoms with Gasteiger partial charge in [-0.05, 0) is 47.4 Å². The number of allylic oxidation sites excluding steroid dienone is 1. The highest BCUT2D eigenvalue weighted by Crippen LogP contribution is 2.43. The van der Waals surface area contributed by atoms with Crippen molar-refractivity contribution in [1.82, 2.24) is 10.2 Å². The third-order valence-corrected chi connectivity index (χ3v) is 8.75. The van der Waals surface area contributed by atoms with Crippen LogP contribution in [0.4, 0.5) is 5.13 Å². The number of aliphatic hydroxyl groups excluding tert-OH is 1. The molecule has 1 amide bonds. The number of benzene rings is 3. The fourth-order valence-corrected chi connectivity index (χ4v) is 6.43. The zero-order valence-electron chi connectivity index (χ0n) is 22.1. The molecule has 1 N–H and O–H groups in total. The number of aromatic nitrogens is 2. The molecule has 1 atom stereocenters. The molecule has 10 heteroatoms. The SMILES string of the molecule is CCCOc1ccc(C2C(C(=O)/C=C/c3ccccc3)=C(O)C(=O)N2c2nnc(SCc3ccccc3Cl)s2)cc1. The Balaban J connectivity index is 1.46. The summed E-state index contributed by atoms with van der Waals surface area (Å²) in [4.78, 5) is 28.3. The van der Waals surface area contributed by atoms with Gasteiger partial charge in [0.2, 0.25) is 5.13 Å². The highest BCUT2D eigenvalue weighted by atomic mass is 35.5. The van der Waals surface area contributed by atoms with Crippen molar-refractivity contribution in [3.63, 3.8) is 0 Å². The minimum Gasteiger partial charge on any atom is -0.503 e. The first-order valence-electron chi connectivity index (χ1n) is 12.9. The van der Waals surface area contributed by atoms with Crippen LogP contribution < -0.4 is 9.64 Å². The Bertz CT molecular complexity index is 1600. The Morgan fingerprint density at radius 3 is 2.54 bits per heavy atom. The van der Waals surface area contributed by atoms with Gasteiger partial charge in [-0.3, -0.25) is 14.5 Å². The molecule has 0 radical (unpaired) electrons. The van der Waals surface area contributed by atoms with Crippen molar-refractivity contribution in [3.05, 3.63) is 118 Å². The maximum atomic E-state index is 13.5. The molecule has 5 rings (SSSR count). The van der Waals surface area contributed by atoms with Gasteiger partial charge >= 0.3 is 0 Å². The average molecular weight is 604 g/mol. The lowest BCUT2D eigenvalue weighted by Crippen LogP contribution is -2.30. The lowest BCUT2D eigenvalue weighted by molar-refractivity contribution is -0.117.